The van der Waals surface area contributed by atoms with Crippen LogP contribution in [0.5, 0.6) is 0 Å². The lowest BCUT2D eigenvalue weighted by Gasteiger charge is -2.23. The van der Waals surface area contributed by atoms with Gasteiger partial charge in [0.2, 0.25) is 0 Å². The predicted octanol–water partition coefficient (Wildman–Crippen LogP) is 0.154. The molecule has 84 valence electrons. The summed E-state index contributed by atoms with van der Waals surface area (Å²) in [6.45, 7) is 5.90. The van der Waals surface area contributed by atoms with Crippen molar-refractivity contribution in [2.75, 3.05) is 39.5 Å². The summed E-state index contributed by atoms with van der Waals surface area (Å²) in [5.74, 6) is 0. The normalized spacial score (nSPS) is 27.0. The molecule has 1 unspecified atom stereocenters. The van der Waals surface area contributed by atoms with Gasteiger partial charge >= 0.3 is 0 Å². The van der Waals surface area contributed by atoms with Crippen LogP contribution in [0, 0.1) is 0 Å². The molecule has 1 rings (SSSR count). The van der Waals surface area contributed by atoms with E-state index < -0.39 is 0 Å². The van der Waals surface area contributed by atoms with Crippen LogP contribution in [0.3, 0.4) is 0 Å². The van der Waals surface area contributed by atoms with E-state index in [1.807, 2.05) is 0 Å². The van der Waals surface area contributed by atoms with Crippen LogP contribution < -0.4 is 5.32 Å². The highest BCUT2D eigenvalue weighted by atomic mass is 16.5. The van der Waals surface area contributed by atoms with Crippen LogP contribution in [-0.4, -0.2) is 50.2 Å². The van der Waals surface area contributed by atoms with Crippen LogP contribution in [0.1, 0.15) is 19.8 Å². The molecule has 4 heteroatoms. The summed E-state index contributed by atoms with van der Waals surface area (Å²) in [5, 5.41) is 11.8. The zero-order chi connectivity index (χ0) is 10.3. The summed E-state index contributed by atoms with van der Waals surface area (Å²) in [4.78, 5) is 0. The van der Waals surface area contributed by atoms with Crippen LogP contribution >= 0.6 is 0 Å². The second-order valence-electron chi connectivity index (χ2n) is 3.91. The number of aliphatic hydroxyl groups is 1. The van der Waals surface area contributed by atoms with Crippen molar-refractivity contribution >= 4 is 0 Å². The van der Waals surface area contributed by atoms with Crippen molar-refractivity contribution in [3.63, 3.8) is 0 Å². The maximum Gasteiger partial charge on any atom is 0.0779 e. The lowest BCUT2D eigenvalue weighted by atomic mass is 10.0. The molecule has 0 saturated carbocycles. The van der Waals surface area contributed by atoms with Gasteiger partial charge in [0.05, 0.1) is 25.4 Å². The molecule has 4 nitrogen and oxygen atoms in total. The molecule has 1 atom stereocenters. The number of hydrogen-bond acceptors (Lipinski definition) is 4. The highest BCUT2D eigenvalue weighted by molar-refractivity contribution is 4.82. The Morgan fingerprint density at radius 2 is 2.36 bits per heavy atom. The van der Waals surface area contributed by atoms with E-state index in [2.05, 4.69) is 12.2 Å². The molecule has 1 aliphatic rings. The van der Waals surface area contributed by atoms with Gasteiger partial charge in [0.25, 0.3) is 0 Å². The number of aliphatic hydroxyl groups excluding tert-OH is 1. The van der Waals surface area contributed by atoms with Crippen molar-refractivity contribution in [3.8, 4) is 0 Å². The van der Waals surface area contributed by atoms with Gasteiger partial charge in [0, 0.05) is 19.7 Å². The van der Waals surface area contributed by atoms with Crippen LogP contribution in [0.2, 0.25) is 0 Å². The molecule has 14 heavy (non-hydrogen) atoms. The fourth-order valence-electron chi connectivity index (χ4n) is 1.64. The van der Waals surface area contributed by atoms with E-state index >= 15 is 0 Å². The Hall–Kier alpha value is -0.160. The van der Waals surface area contributed by atoms with Gasteiger partial charge in [0.15, 0.2) is 0 Å². The molecule has 0 aromatic heterocycles. The third-order valence-electron chi connectivity index (χ3n) is 2.46. The molecule has 1 saturated heterocycles. The average molecular weight is 203 g/mol. The van der Waals surface area contributed by atoms with Gasteiger partial charge in [-0.2, -0.15) is 0 Å². The van der Waals surface area contributed by atoms with Gasteiger partial charge in [-0.3, -0.25) is 0 Å². The summed E-state index contributed by atoms with van der Waals surface area (Å²) in [7, 11) is 0. The van der Waals surface area contributed by atoms with Gasteiger partial charge in [-0.05, 0) is 19.8 Å². The summed E-state index contributed by atoms with van der Waals surface area (Å²) < 4.78 is 10.8. The molecular weight excluding hydrogens is 182 g/mol. The third kappa shape index (κ3) is 4.37. The molecule has 0 bridgehead atoms. The van der Waals surface area contributed by atoms with Crippen LogP contribution in [0.4, 0.5) is 0 Å². The lowest BCUT2D eigenvalue weighted by molar-refractivity contribution is 0.0186. The first-order chi connectivity index (χ1) is 6.77. The van der Waals surface area contributed by atoms with Gasteiger partial charge in [0.1, 0.15) is 0 Å². The molecule has 0 amide bonds. The Bertz CT molecular complexity index is 146. The molecule has 0 spiro atoms. The first-order valence-corrected chi connectivity index (χ1v) is 5.30. The molecule has 1 heterocycles. The van der Waals surface area contributed by atoms with E-state index in [4.69, 9.17) is 14.6 Å². The van der Waals surface area contributed by atoms with E-state index in [1.165, 1.54) is 6.42 Å². The predicted molar refractivity (Wildman–Crippen MR) is 54.4 cm³/mol. The minimum atomic E-state index is 0.0248. The van der Waals surface area contributed by atoms with Crippen molar-refractivity contribution < 1.29 is 14.6 Å². The quantitative estimate of drug-likeness (QED) is 0.578. The van der Waals surface area contributed by atoms with Crippen molar-refractivity contribution in [1.82, 2.24) is 5.32 Å². The Balaban J connectivity index is 1.92. The summed E-state index contributed by atoms with van der Waals surface area (Å²) >= 11 is 0. The Labute approximate surface area is 85.6 Å². The van der Waals surface area contributed by atoms with Gasteiger partial charge < -0.3 is 19.9 Å². The second-order valence-corrected chi connectivity index (χ2v) is 3.91. The average Bonchev–Trinajstić information content (AvgIpc) is 2.59. The molecular formula is C10H21NO3. The monoisotopic (exact) mass is 203 g/mol. The maximum absolute atomic E-state index is 8.47. The van der Waals surface area contributed by atoms with Gasteiger partial charge in [-0.15, -0.1) is 0 Å². The van der Waals surface area contributed by atoms with Gasteiger partial charge in [-0.1, -0.05) is 0 Å². The van der Waals surface area contributed by atoms with E-state index in [-0.39, 0.29) is 12.2 Å². The van der Waals surface area contributed by atoms with Crippen molar-refractivity contribution in [2.45, 2.75) is 25.4 Å². The van der Waals surface area contributed by atoms with Crippen molar-refractivity contribution in [3.05, 3.63) is 0 Å². The number of nitrogens with one attached hydrogen (secondary N) is 1. The summed E-state index contributed by atoms with van der Waals surface area (Å²) in [6.07, 6.45) is 2.30. The van der Waals surface area contributed by atoms with Crippen LogP contribution in [0.25, 0.3) is 0 Å². The molecule has 0 aromatic rings. The highest BCUT2D eigenvalue weighted by Crippen LogP contribution is 2.23. The first-order valence-electron chi connectivity index (χ1n) is 5.30. The number of ether oxygens (including phenoxy) is 2. The topological polar surface area (TPSA) is 50.7 Å². The van der Waals surface area contributed by atoms with E-state index in [0.29, 0.717) is 13.2 Å². The Morgan fingerprint density at radius 1 is 1.50 bits per heavy atom. The summed E-state index contributed by atoms with van der Waals surface area (Å²) in [5.41, 5.74) is 0.0248. The number of hydrogen-bond donors (Lipinski definition) is 2. The molecule has 0 radical (unpaired) electrons. The van der Waals surface area contributed by atoms with E-state index in [0.717, 1.165) is 26.1 Å². The molecule has 1 fully saturated rings. The minimum absolute atomic E-state index is 0.0248. The first kappa shape index (κ1) is 11.9. The molecule has 1 aliphatic heterocycles. The van der Waals surface area contributed by atoms with Gasteiger partial charge in [-0.25, -0.2) is 0 Å². The molecule has 0 aliphatic carbocycles. The zero-order valence-corrected chi connectivity index (χ0v) is 8.92. The third-order valence-corrected chi connectivity index (χ3v) is 2.46. The van der Waals surface area contributed by atoms with E-state index in [9.17, 15) is 0 Å². The van der Waals surface area contributed by atoms with Crippen LogP contribution in [0.15, 0.2) is 0 Å². The Kier molecular flexibility index (Phi) is 5.40. The maximum atomic E-state index is 8.47. The van der Waals surface area contributed by atoms with Crippen molar-refractivity contribution in [2.24, 2.45) is 0 Å². The fourth-order valence-corrected chi connectivity index (χ4v) is 1.64. The largest absolute Gasteiger partial charge is 0.394 e. The highest BCUT2D eigenvalue weighted by Gasteiger charge is 2.28. The molecule has 0 aromatic carbocycles. The molecule has 2 N–H and O–H groups in total. The van der Waals surface area contributed by atoms with Crippen LogP contribution in [-0.2, 0) is 9.47 Å². The minimum Gasteiger partial charge on any atom is -0.394 e. The zero-order valence-electron chi connectivity index (χ0n) is 8.92. The standard InChI is InChI=1S/C10H21NO3/c1-10(3-2-6-14-10)9-11-4-7-13-8-5-12/h11-12H,2-9H2,1H3. The Morgan fingerprint density at radius 3 is 3.00 bits per heavy atom. The fraction of sp³-hybridized carbons (Fsp3) is 1.00. The van der Waals surface area contributed by atoms with E-state index in [1.54, 1.807) is 0 Å². The number of rotatable bonds is 7. The lowest BCUT2D eigenvalue weighted by Crippen LogP contribution is -2.38. The smallest absolute Gasteiger partial charge is 0.0779 e. The second kappa shape index (κ2) is 6.35. The SMILES string of the molecule is CC1(CNCCOCCO)CCCO1. The summed E-state index contributed by atoms with van der Waals surface area (Å²) in [6, 6.07) is 0. The van der Waals surface area contributed by atoms with Crippen molar-refractivity contribution in [1.29, 1.82) is 0 Å².